The number of anilines is 1. The monoisotopic (exact) mass is 566 g/mol. The zero-order valence-corrected chi connectivity index (χ0v) is 21.0. The van der Waals surface area contributed by atoms with E-state index in [0.29, 0.717) is 18.7 Å². The second kappa shape index (κ2) is 12.6. The van der Waals surface area contributed by atoms with Crippen LogP contribution in [0.15, 0.2) is 48.5 Å². The molecule has 0 bridgehead atoms. The van der Waals surface area contributed by atoms with Gasteiger partial charge in [0.05, 0.1) is 29.4 Å². The second-order valence-corrected chi connectivity index (χ2v) is 8.87. The van der Waals surface area contributed by atoms with Gasteiger partial charge in [-0.05, 0) is 36.0 Å². The fourth-order valence-corrected chi connectivity index (χ4v) is 4.28. The summed E-state index contributed by atoms with van der Waals surface area (Å²) in [6, 6.07) is 9.81. The lowest BCUT2D eigenvalue weighted by Crippen LogP contribution is -2.68. The molecule has 3 rings (SSSR count). The quantitative estimate of drug-likeness (QED) is 0.332. The minimum Gasteiger partial charge on any atom is -0.829 e. The molecule has 2 aromatic rings. The molecule has 1 heterocycles. The average Bonchev–Trinajstić information content (AvgIpc) is 2.85. The van der Waals surface area contributed by atoms with Gasteiger partial charge in [-0.25, -0.2) is 0 Å². The summed E-state index contributed by atoms with van der Waals surface area (Å²) < 4.78 is 95.3. The van der Waals surface area contributed by atoms with Gasteiger partial charge >= 0.3 is 12.4 Å². The van der Waals surface area contributed by atoms with Crippen LogP contribution in [0.3, 0.4) is 0 Å². The average molecular weight is 567 g/mol. The zero-order valence-electron chi connectivity index (χ0n) is 20.2. The first-order valence-electron chi connectivity index (χ1n) is 11.3. The maximum absolute atomic E-state index is 13.2. The Labute approximate surface area is 220 Å². The van der Waals surface area contributed by atoms with Gasteiger partial charge in [0.15, 0.2) is 5.11 Å². The molecule has 1 fully saturated rings. The van der Waals surface area contributed by atoms with E-state index < -0.39 is 59.8 Å². The van der Waals surface area contributed by atoms with Gasteiger partial charge in [-0.3, -0.25) is 0 Å². The highest BCUT2D eigenvalue weighted by Crippen LogP contribution is 2.37. The van der Waals surface area contributed by atoms with Crippen LogP contribution in [0.1, 0.15) is 16.7 Å². The smallest absolute Gasteiger partial charge is 0.416 e. The lowest BCUT2D eigenvalue weighted by Gasteiger charge is -2.49. The molecule has 3 N–H and O–H groups in total. The van der Waals surface area contributed by atoms with E-state index in [2.05, 4.69) is 16.0 Å². The molecule has 14 heteroatoms. The highest BCUT2D eigenvalue weighted by molar-refractivity contribution is 7.80. The Kier molecular flexibility index (Phi) is 9.95. The molecular weight excluding hydrogens is 540 g/mol. The Balaban J connectivity index is 1.74. The molecule has 5 atom stereocenters. The summed E-state index contributed by atoms with van der Waals surface area (Å²) in [4.78, 5) is 0. The number of nitrogens with one attached hydrogen (secondary N) is 3. The number of hydrogen-bond donors (Lipinski definition) is 3. The van der Waals surface area contributed by atoms with Gasteiger partial charge in [0.25, 0.3) is 0 Å². The zero-order chi connectivity index (χ0) is 28.1. The molecule has 210 valence electrons. The van der Waals surface area contributed by atoms with E-state index in [1.807, 2.05) is 30.3 Å². The van der Waals surface area contributed by atoms with Crippen LogP contribution >= 0.6 is 12.2 Å². The first-order valence-corrected chi connectivity index (χ1v) is 11.7. The maximum Gasteiger partial charge on any atom is 0.416 e. The third-order valence-electron chi connectivity index (χ3n) is 5.89. The minimum absolute atomic E-state index is 0.0199. The lowest BCUT2D eigenvalue weighted by atomic mass is 9.95. The number of hydrogen-bond acceptors (Lipinski definition) is 6. The molecule has 7 nitrogen and oxygen atoms in total. The Bertz CT molecular complexity index is 1040. The largest absolute Gasteiger partial charge is 0.829 e. The number of ether oxygens (including phenoxy) is 3. The van der Waals surface area contributed by atoms with Gasteiger partial charge in [-0.1, -0.05) is 30.3 Å². The molecule has 38 heavy (non-hydrogen) atoms. The fraction of sp³-hybridized carbons (Fsp3) is 0.458. The number of rotatable bonds is 8. The molecule has 1 aliphatic heterocycles. The molecule has 0 spiro atoms. The highest BCUT2D eigenvalue weighted by atomic mass is 32.1. The van der Waals surface area contributed by atoms with E-state index >= 15 is 0 Å². The van der Waals surface area contributed by atoms with Crippen molar-refractivity contribution in [1.82, 2.24) is 10.6 Å². The molecule has 0 radical (unpaired) electrons. The molecule has 0 aliphatic carbocycles. The summed E-state index contributed by atoms with van der Waals surface area (Å²) >= 11 is 5.10. The van der Waals surface area contributed by atoms with Crippen molar-refractivity contribution in [3.63, 3.8) is 0 Å². The Morgan fingerprint density at radius 2 is 1.53 bits per heavy atom. The molecule has 2 aromatic carbocycles. The van der Waals surface area contributed by atoms with Crippen molar-refractivity contribution in [2.24, 2.45) is 0 Å². The van der Waals surface area contributed by atoms with Crippen molar-refractivity contribution in [2.45, 2.75) is 49.5 Å². The summed E-state index contributed by atoms with van der Waals surface area (Å²) in [6.45, 7) is 0.275. The van der Waals surface area contributed by atoms with Crippen LogP contribution in [0.4, 0.5) is 32.0 Å². The van der Waals surface area contributed by atoms with Crippen LogP contribution < -0.4 is 21.1 Å². The SMILES string of the molecule is CO[C@@H]1[C@@H](OC)[C@@H](NCc2ccccc2)[C@@H](CNC(=S)Nc2cc(C(F)(F)F)cc(C(F)(F)F)c2)O[C@@H]1[O-]. The van der Waals surface area contributed by atoms with E-state index in [1.54, 1.807) is 0 Å². The van der Waals surface area contributed by atoms with Crippen LogP contribution in [-0.4, -0.2) is 56.5 Å². The molecule has 1 saturated heterocycles. The van der Waals surface area contributed by atoms with Crippen LogP contribution in [0.5, 0.6) is 0 Å². The van der Waals surface area contributed by atoms with Crippen molar-refractivity contribution >= 4 is 23.0 Å². The first-order chi connectivity index (χ1) is 17.8. The van der Waals surface area contributed by atoms with Crippen molar-refractivity contribution in [2.75, 3.05) is 26.1 Å². The van der Waals surface area contributed by atoms with Crippen LogP contribution in [0.25, 0.3) is 0 Å². The number of alkyl halides is 6. The van der Waals surface area contributed by atoms with Crippen LogP contribution in [0, 0.1) is 0 Å². The number of thiocarbonyl (C=S) groups is 1. The summed E-state index contributed by atoms with van der Waals surface area (Å²) in [5, 5.41) is 20.6. The van der Waals surface area contributed by atoms with Gasteiger partial charge < -0.3 is 35.3 Å². The standard InChI is InChI=1S/C24H26F6N3O4S/c1-35-19-18(31-11-13-6-4-3-5-7-13)17(37-21(34)20(19)36-2)12-32-22(38)33-16-9-14(23(25,26)27)8-15(10-16)24(28,29)30/h3-10,17-21,31H,11-12H2,1-2H3,(H2,32,33,38)/q-1/t17-,18+,19+,20-,21+/m1/s1. The van der Waals surface area contributed by atoms with E-state index in [0.717, 1.165) is 5.56 Å². The fourth-order valence-electron chi connectivity index (χ4n) is 4.08. The topological polar surface area (TPSA) is 86.8 Å². The predicted octanol–water partition coefficient (Wildman–Crippen LogP) is 3.28. The van der Waals surface area contributed by atoms with Crippen molar-refractivity contribution in [1.29, 1.82) is 0 Å². The van der Waals surface area contributed by atoms with Gasteiger partial charge in [0.2, 0.25) is 0 Å². The summed E-state index contributed by atoms with van der Waals surface area (Å²) in [5.41, 5.74) is -2.54. The number of halogens is 6. The third-order valence-corrected chi connectivity index (χ3v) is 6.14. The summed E-state index contributed by atoms with van der Waals surface area (Å²) in [6.07, 6.45) is -14.1. The summed E-state index contributed by atoms with van der Waals surface area (Å²) in [7, 11) is 2.76. The predicted molar refractivity (Wildman–Crippen MR) is 128 cm³/mol. The summed E-state index contributed by atoms with van der Waals surface area (Å²) in [5.74, 6) is 0. The Hall–Kier alpha value is -2.49. The van der Waals surface area contributed by atoms with Gasteiger partial charge in [0, 0.05) is 39.3 Å². The van der Waals surface area contributed by atoms with Crippen molar-refractivity contribution < 1.29 is 45.7 Å². The van der Waals surface area contributed by atoms with E-state index in [4.69, 9.17) is 26.4 Å². The molecule has 0 saturated carbocycles. The van der Waals surface area contributed by atoms with E-state index in [1.165, 1.54) is 14.2 Å². The molecular formula is C24H26F6N3O4S-. The highest BCUT2D eigenvalue weighted by Gasteiger charge is 2.42. The first kappa shape index (κ1) is 30.1. The Morgan fingerprint density at radius 3 is 2.05 bits per heavy atom. The second-order valence-electron chi connectivity index (χ2n) is 8.47. The van der Waals surface area contributed by atoms with E-state index in [9.17, 15) is 31.4 Å². The third kappa shape index (κ3) is 7.77. The van der Waals surface area contributed by atoms with Gasteiger partial charge in [-0.2, -0.15) is 26.3 Å². The maximum atomic E-state index is 13.2. The molecule has 1 aliphatic rings. The van der Waals surface area contributed by atoms with Gasteiger partial charge in [-0.15, -0.1) is 0 Å². The van der Waals surface area contributed by atoms with Crippen molar-refractivity contribution in [3.8, 4) is 0 Å². The Morgan fingerprint density at radius 1 is 0.947 bits per heavy atom. The molecule has 0 aromatic heterocycles. The minimum atomic E-state index is -5.00. The van der Waals surface area contributed by atoms with Crippen LogP contribution in [0.2, 0.25) is 0 Å². The van der Waals surface area contributed by atoms with Crippen molar-refractivity contribution in [3.05, 3.63) is 65.2 Å². The van der Waals surface area contributed by atoms with Crippen LogP contribution in [-0.2, 0) is 33.1 Å². The van der Waals surface area contributed by atoms with E-state index in [-0.39, 0.29) is 17.7 Å². The normalized spacial score (nSPS) is 24.2. The number of methoxy groups -OCH3 is 2. The lowest BCUT2D eigenvalue weighted by molar-refractivity contribution is -0.529. The van der Waals surface area contributed by atoms with Gasteiger partial charge in [0.1, 0.15) is 6.10 Å². The molecule has 0 unspecified atom stereocenters. The number of benzene rings is 2. The molecule has 0 amide bonds.